The molecule has 6 heteroatoms. The van der Waals surface area contributed by atoms with Crippen molar-refractivity contribution in [2.45, 2.75) is 0 Å². The molecule has 0 fully saturated rings. The first-order chi connectivity index (χ1) is 9.19. The fourth-order valence-electron chi connectivity index (χ4n) is 1.92. The van der Waals surface area contributed by atoms with Gasteiger partial charge in [-0.3, -0.25) is 0 Å². The van der Waals surface area contributed by atoms with E-state index in [1.165, 1.54) is 30.6 Å². The molecule has 0 aliphatic carbocycles. The zero-order valence-electron chi connectivity index (χ0n) is 10.1. The maximum absolute atomic E-state index is 13.3. The van der Waals surface area contributed by atoms with E-state index in [0.717, 1.165) is 15.8 Å². The number of hydrogen-bond donors (Lipinski definition) is 1. The van der Waals surface area contributed by atoms with E-state index >= 15 is 0 Å². The molecule has 0 spiro atoms. The number of pyridine rings is 1. The molecule has 0 amide bonds. The van der Waals surface area contributed by atoms with Crippen molar-refractivity contribution in [3.05, 3.63) is 36.3 Å². The van der Waals surface area contributed by atoms with Crippen molar-refractivity contribution in [1.29, 1.82) is 0 Å². The van der Waals surface area contributed by atoms with Gasteiger partial charge < -0.3 is 10.5 Å². The molecule has 3 aromatic rings. The number of ether oxygens (including phenoxy) is 1. The van der Waals surface area contributed by atoms with Gasteiger partial charge in [0.05, 0.1) is 11.8 Å². The first-order valence-electron chi connectivity index (χ1n) is 5.54. The van der Waals surface area contributed by atoms with Crippen molar-refractivity contribution < 1.29 is 9.13 Å². The average Bonchev–Trinajstić information content (AvgIpc) is 2.78. The number of nitrogen functional groups attached to an aromatic ring is 1. The number of nitrogens with zero attached hydrogens (tertiary/aromatic N) is 2. The summed E-state index contributed by atoms with van der Waals surface area (Å²) >= 11 is 1.33. The maximum Gasteiger partial charge on any atom is 0.241 e. The van der Waals surface area contributed by atoms with E-state index in [4.69, 9.17) is 10.5 Å². The highest BCUT2D eigenvalue weighted by atomic mass is 32.1. The number of rotatable bonds is 2. The molecule has 1 aromatic carbocycles. The molecule has 2 aromatic heterocycles. The van der Waals surface area contributed by atoms with E-state index in [1.54, 1.807) is 12.3 Å². The molecule has 3 rings (SSSR count). The van der Waals surface area contributed by atoms with Gasteiger partial charge in [0.15, 0.2) is 5.13 Å². The van der Waals surface area contributed by atoms with Crippen LogP contribution in [0.15, 0.2) is 30.5 Å². The van der Waals surface area contributed by atoms with Crippen LogP contribution in [0.3, 0.4) is 0 Å². The van der Waals surface area contributed by atoms with Crippen molar-refractivity contribution in [3.63, 3.8) is 0 Å². The van der Waals surface area contributed by atoms with E-state index < -0.39 is 0 Å². The largest absolute Gasteiger partial charge is 0.479 e. The predicted molar refractivity (Wildman–Crippen MR) is 73.8 cm³/mol. The lowest BCUT2D eigenvalue weighted by Gasteiger charge is -2.05. The Kier molecular flexibility index (Phi) is 2.79. The fourth-order valence-corrected chi connectivity index (χ4v) is 2.77. The summed E-state index contributed by atoms with van der Waals surface area (Å²) in [4.78, 5) is 8.40. The first-order valence-corrected chi connectivity index (χ1v) is 6.35. The summed E-state index contributed by atoms with van der Waals surface area (Å²) in [5.41, 5.74) is 7.88. The van der Waals surface area contributed by atoms with Gasteiger partial charge in [0.1, 0.15) is 11.3 Å². The van der Waals surface area contributed by atoms with Gasteiger partial charge >= 0.3 is 0 Å². The highest BCUT2D eigenvalue weighted by molar-refractivity contribution is 7.22. The van der Waals surface area contributed by atoms with Gasteiger partial charge in [-0.1, -0.05) is 23.5 Å². The molecule has 2 N–H and O–H groups in total. The third-order valence-electron chi connectivity index (χ3n) is 2.73. The van der Waals surface area contributed by atoms with Crippen LogP contribution in [0, 0.1) is 5.82 Å². The Bertz CT molecular complexity index is 757. The van der Waals surface area contributed by atoms with E-state index in [1.807, 2.05) is 6.07 Å². The fraction of sp³-hybridized carbons (Fsp3) is 0.0769. The molecule has 4 nitrogen and oxygen atoms in total. The van der Waals surface area contributed by atoms with Crippen LogP contribution in [-0.2, 0) is 0 Å². The van der Waals surface area contributed by atoms with E-state index in [2.05, 4.69) is 9.97 Å². The summed E-state index contributed by atoms with van der Waals surface area (Å²) < 4.78 is 19.3. The van der Waals surface area contributed by atoms with Crippen LogP contribution in [0.25, 0.3) is 21.3 Å². The lowest BCUT2D eigenvalue weighted by Crippen LogP contribution is -1.91. The highest BCUT2D eigenvalue weighted by Gasteiger charge is 2.14. The van der Waals surface area contributed by atoms with Gasteiger partial charge in [0.25, 0.3) is 0 Å². The Labute approximate surface area is 112 Å². The second kappa shape index (κ2) is 4.47. The number of aromatic nitrogens is 2. The van der Waals surface area contributed by atoms with Gasteiger partial charge in [-0.05, 0) is 17.7 Å². The molecule has 0 saturated carbocycles. The zero-order valence-corrected chi connectivity index (χ0v) is 10.9. The molecular formula is C13H10FN3OS. The van der Waals surface area contributed by atoms with Gasteiger partial charge in [0, 0.05) is 11.8 Å². The number of thiazole rings is 1. The minimum atomic E-state index is -0.293. The molecule has 0 unspecified atom stereocenters. The molecule has 96 valence electrons. The van der Waals surface area contributed by atoms with Crippen molar-refractivity contribution in [3.8, 4) is 17.0 Å². The maximum atomic E-state index is 13.3. The number of anilines is 1. The van der Waals surface area contributed by atoms with E-state index in [-0.39, 0.29) is 5.82 Å². The van der Waals surface area contributed by atoms with Crippen LogP contribution < -0.4 is 10.5 Å². The first kappa shape index (κ1) is 11.9. The van der Waals surface area contributed by atoms with Crippen molar-refractivity contribution in [2.75, 3.05) is 12.8 Å². The predicted octanol–water partition coefficient (Wildman–Crippen LogP) is 3.09. The summed E-state index contributed by atoms with van der Waals surface area (Å²) in [5, 5.41) is 0.430. The summed E-state index contributed by atoms with van der Waals surface area (Å²) in [5.74, 6) is 0.127. The Morgan fingerprint density at radius 3 is 2.95 bits per heavy atom. The number of nitrogens with two attached hydrogens (primary N) is 1. The third kappa shape index (κ3) is 2.00. The second-order valence-electron chi connectivity index (χ2n) is 3.92. The van der Waals surface area contributed by atoms with Gasteiger partial charge in [-0.2, -0.15) is 0 Å². The Morgan fingerprint density at radius 1 is 1.37 bits per heavy atom. The number of benzene rings is 1. The van der Waals surface area contributed by atoms with Crippen LogP contribution in [-0.4, -0.2) is 17.1 Å². The third-order valence-corrected chi connectivity index (χ3v) is 3.65. The molecule has 0 aliphatic rings. The summed E-state index contributed by atoms with van der Waals surface area (Å²) in [6, 6.07) is 6.34. The smallest absolute Gasteiger partial charge is 0.241 e. The van der Waals surface area contributed by atoms with Crippen LogP contribution >= 0.6 is 11.3 Å². The average molecular weight is 275 g/mol. The monoisotopic (exact) mass is 275 g/mol. The second-order valence-corrected chi connectivity index (χ2v) is 4.95. The molecular weight excluding hydrogens is 265 g/mol. The summed E-state index contributed by atoms with van der Waals surface area (Å²) in [7, 11) is 1.53. The van der Waals surface area contributed by atoms with E-state index in [0.29, 0.717) is 16.5 Å². The minimum absolute atomic E-state index is 0.293. The zero-order chi connectivity index (χ0) is 13.4. The van der Waals surface area contributed by atoms with Crippen molar-refractivity contribution in [1.82, 2.24) is 9.97 Å². The quantitative estimate of drug-likeness (QED) is 0.780. The van der Waals surface area contributed by atoms with E-state index in [9.17, 15) is 4.39 Å². The van der Waals surface area contributed by atoms with Gasteiger partial charge in [-0.25, -0.2) is 14.4 Å². The standard InChI is InChI=1S/C13H10FN3OS/c1-18-12-10-11(19-13(15)17-10)9(6-16-12)7-3-2-4-8(14)5-7/h2-6H,1H3,(H2,15,17). The number of halogens is 1. The van der Waals surface area contributed by atoms with Crippen LogP contribution in [0.4, 0.5) is 9.52 Å². The lowest BCUT2D eigenvalue weighted by atomic mass is 10.1. The van der Waals surface area contributed by atoms with Gasteiger partial charge in [0.2, 0.25) is 5.88 Å². The number of hydrogen-bond acceptors (Lipinski definition) is 5. The molecule has 2 heterocycles. The Hall–Kier alpha value is -2.21. The SMILES string of the molecule is COc1ncc(-c2cccc(F)c2)c2sc(N)nc12. The molecule has 0 saturated heterocycles. The normalized spacial score (nSPS) is 10.8. The molecule has 0 aliphatic heterocycles. The van der Waals surface area contributed by atoms with Gasteiger partial charge in [-0.15, -0.1) is 0 Å². The molecule has 0 bridgehead atoms. The minimum Gasteiger partial charge on any atom is -0.479 e. The topological polar surface area (TPSA) is 61.0 Å². The lowest BCUT2D eigenvalue weighted by molar-refractivity contribution is 0.402. The van der Waals surface area contributed by atoms with Crippen LogP contribution in [0.5, 0.6) is 5.88 Å². The molecule has 0 atom stereocenters. The Morgan fingerprint density at radius 2 is 2.21 bits per heavy atom. The Balaban J connectivity index is 2.30. The molecule has 19 heavy (non-hydrogen) atoms. The number of methoxy groups -OCH3 is 1. The summed E-state index contributed by atoms with van der Waals surface area (Å²) in [6.45, 7) is 0. The number of fused-ring (bicyclic) bond motifs is 1. The van der Waals surface area contributed by atoms with Crippen molar-refractivity contribution in [2.24, 2.45) is 0 Å². The molecule has 0 radical (unpaired) electrons. The van der Waals surface area contributed by atoms with Crippen molar-refractivity contribution >= 4 is 26.7 Å². The highest BCUT2D eigenvalue weighted by Crippen LogP contribution is 2.37. The van der Waals surface area contributed by atoms with Crippen LogP contribution in [0.2, 0.25) is 0 Å². The van der Waals surface area contributed by atoms with Crippen LogP contribution in [0.1, 0.15) is 0 Å². The summed E-state index contributed by atoms with van der Waals surface area (Å²) in [6.07, 6.45) is 1.65.